The van der Waals surface area contributed by atoms with Crippen LogP contribution in [0.3, 0.4) is 0 Å². The first-order valence-corrected chi connectivity index (χ1v) is 12.5. The van der Waals surface area contributed by atoms with Gasteiger partial charge in [0.1, 0.15) is 35.5 Å². The second-order valence-electron chi connectivity index (χ2n) is 8.30. The molecule has 1 unspecified atom stereocenters. The van der Waals surface area contributed by atoms with Gasteiger partial charge in [-0.3, -0.25) is 0 Å². The zero-order valence-electron chi connectivity index (χ0n) is 20.5. The Labute approximate surface area is 230 Å². The summed E-state index contributed by atoms with van der Waals surface area (Å²) in [5.41, 5.74) is 8.00. The van der Waals surface area contributed by atoms with Crippen molar-refractivity contribution in [3.05, 3.63) is 105 Å². The maximum Gasteiger partial charge on any atom is 0.343 e. The molecule has 0 radical (unpaired) electrons. The predicted octanol–water partition coefficient (Wildman–Crippen LogP) is 6.78. The summed E-state index contributed by atoms with van der Waals surface area (Å²) in [7, 11) is 0. The summed E-state index contributed by atoms with van der Waals surface area (Å²) in [5, 5.41) is 10.2. The van der Waals surface area contributed by atoms with Crippen LogP contribution in [0.15, 0.2) is 78.7 Å². The molecule has 4 rings (SSSR count). The van der Waals surface area contributed by atoms with Gasteiger partial charge in [-0.1, -0.05) is 61.0 Å². The second kappa shape index (κ2) is 12.0. The van der Waals surface area contributed by atoms with E-state index in [0.29, 0.717) is 36.0 Å². The van der Waals surface area contributed by atoms with Crippen molar-refractivity contribution in [2.75, 3.05) is 13.2 Å². The first kappa shape index (κ1) is 26.9. The van der Waals surface area contributed by atoms with Gasteiger partial charge in [0, 0.05) is 11.6 Å². The molecule has 7 nitrogen and oxygen atoms in total. The highest BCUT2D eigenvalue weighted by Gasteiger charge is 2.31. The lowest BCUT2D eigenvalue weighted by molar-refractivity contribution is 0.0734. The fraction of sp³-hybridized carbons (Fsp3) is 0.172. The fourth-order valence-corrected chi connectivity index (χ4v) is 4.56. The van der Waals surface area contributed by atoms with Gasteiger partial charge < -0.3 is 24.7 Å². The van der Waals surface area contributed by atoms with E-state index < -0.39 is 11.9 Å². The predicted molar refractivity (Wildman–Crippen MR) is 145 cm³/mol. The number of nitrogens with two attached hydrogens (primary N) is 1. The molecule has 38 heavy (non-hydrogen) atoms. The molecule has 1 aliphatic rings. The number of nitriles is 1. The Morgan fingerprint density at radius 1 is 1.13 bits per heavy atom. The minimum atomic E-state index is -0.670. The number of hydrogen-bond acceptors (Lipinski definition) is 7. The van der Waals surface area contributed by atoms with Crippen molar-refractivity contribution in [1.82, 2.24) is 0 Å². The van der Waals surface area contributed by atoms with Gasteiger partial charge in [-0.15, -0.1) is 0 Å². The van der Waals surface area contributed by atoms with Gasteiger partial charge in [-0.2, -0.15) is 5.26 Å². The van der Waals surface area contributed by atoms with E-state index in [2.05, 4.69) is 12.6 Å². The van der Waals surface area contributed by atoms with Crippen molar-refractivity contribution in [2.24, 2.45) is 5.73 Å². The summed E-state index contributed by atoms with van der Waals surface area (Å²) in [6, 6.07) is 17.3. The van der Waals surface area contributed by atoms with E-state index in [1.165, 1.54) is 12.1 Å². The lowest BCUT2D eigenvalue weighted by Gasteiger charge is -2.27. The molecule has 3 aromatic carbocycles. The molecule has 0 bridgehead atoms. The summed E-state index contributed by atoms with van der Waals surface area (Å²) >= 11 is 12.5. The Balaban J connectivity index is 1.62. The van der Waals surface area contributed by atoms with E-state index in [9.17, 15) is 10.1 Å². The largest absolute Gasteiger partial charge is 0.490 e. The molecule has 1 heterocycles. The molecule has 0 saturated carbocycles. The van der Waals surface area contributed by atoms with E-state index in [1.807, 2.05) is 31.2 Å². The smallest absolute Gasteiger partial charge is 0.343 e. The molecule has 0 aliphatic carbocycles. The number of allylic oxidation sites excluding steroid dienone is 1. The first-order chi connectivity index (χ1) is 18.4. The van der Waals surface area contributed by atoms with Gasteiger partial charge in [-0.05, 0) is 42.3 Å². The molecule has 1 aliphatic heterocycles. The van der Waals surface area contributed by atoms with Crippen LogP contribution in [0.5, 0.6) is 23.0 Å². The SMILES string of the molecule is C=CCOc1cccc(C2C(C#N)=C(N)Oc3cc(OC(=O)c4cc(Cl)c(OCCC)c(Cl)c4)ccc32)c1. The fourth-order valence-electron chi connectivity index (χ4n) is 3.97. The van der Waals surface area contributed by atoms with Crippen LogP contribution in [0.1, 0.15) is 40.7 Å². The van der Waals surface area contributed by atoms with E-state index >= 15 is 0 Å². The number of esters is 1. The van der Waals surface area contributed by atoms with Crippen molar-refractivity contribution < 1.29 is 23.7 Å². The molecule has 0 spiro atoms. The minimum Gasteiger partial charge on any atom is -0.490 e. The van der Waals surface area contributed by atoms with E-state index in [1.54, 1.807) is 24.3 Å². The lowest BCUT2D eigenvalue weighted by atomic mass is 9.83. The van der Waals surface area contributed by atoms with Crippen molar-refractivity contribution in [3.63, 3.8) is 0 Å². The molecule has 2 N–H and O–H groups in total. The molecule has 194 valence electrons. The number of rotatable bonds is 9. The lowest BCUT2D eigenvalue weighted by Crippen LogP contribution is -2.21. The summed E-state index contributed by atoms with van der Waals surface area (Å²) in [4.78, 5) is 12.9. The van der Waals surface area contributed by atoms with Crippen LogP contribution < -0.4 is 24.7 Å². The third-order valence-corrected chi connectivity index (χ3v) is 6.21. The Hall–Kier alpha value is -4.12. The molecule has 9 heteroatoms. The highest BCUT2D eigenvalue weighted by Crippen LogP contribution is 2.44. The summed E-state index contributed by atoms with van der Waals surface area (Å²) in [5.74, 6) is 0.295. The van der Waals surface area contributed by atoms with Crippen molar-refractivity contribution >= 4 is 29.2 Å². The highest BCUT2D eigenvalue weighted by molar-refractivity contribution is 6.37. The van der Waals surface area contributed by atoms with Crippen molar-refractivity contribution in [1.29, 1.82) is 5.26 Å². The average molecular weight is 551 g/mol. The van der Waals surface area contributed by atoms with Gasteiger partial charge in [0.15, 0.2) is 5.75 Å². The summed E-state index contributed by atoms with van der Waals surface area (Å²) in [6.45, 7) is 6.40. The molecule has 0 fully saturated rings. The topological polar surface area (TPSA) is 104 Å². The number of hydrogen-bond donors (Lipinski definition) is 1. The third kappa shape index (κ3) is 5.72. The number of halogens is 2. The van der Waals surface area contributed by atoms with Gasteiger partial charge in [0.25, 0.3) is 0 Å². The van der Waals surface area contributed by atoms with Crippen LogP contribution in [0.25, 0.3) is 0 Å². The molecule has 1 atom stereocenters. The highest BCUT2D eigenvalue weighted by atomic mass is 35.5. The number of benzene rings is 3. The second-order valence-corrected chi connectivity index (χ2v) is 9.12. The average Bonchev–Trinajstić information content (AvgIpc) is 2.90. The number of nitrogens with zero attached hydrogens (tertiary/aromatic N) is 1. The molecular formula is C29H24Cl2N2O5. The summed E-state index contributed by atoms with van der Waals surface area (Å²) in [6.07, 6.45) is 2.43. The normalized spacial score (nSPS) is 14.1. The van der Waals surface area contributed by atoms with Gasteiger partial charge in [0.05, 0.1) is 28.1 Å². The van der Waals surface area contributed by atoms with E-state index in [0.717, 1.165) is 12.0 Å². The molecular weight excluding hydrogens is 527 g/mol. The Kier molecular flexibility index (Phi) is 8.47. The zero-order valence-corrected chi connectivity index (χ0v) is 22.0. The Bertz CT molecular complexity index is 1440. The number of carbonyl (C=O) groups excluding carboxylic acids is 1. The summed E-state index contributed by atoms with van der Waals surface area (Å²) < 4.78 is 22.5. The van der Waals surface area contributed by atoms with Gasteiger partial charge in [0.2, 0.25) is 5.88 Å². The van der Waals surface area contributed by atoms with Crippen LogP contribution in [0.2, 0.25) is 10.0 Å². The Morgan fingerprint density at radius 2 is 1.89 bits per heavy atom. The maximum atomic E-state index is 12.9. The first-order valence-electron chi connectivity index (χ1n) is 11.8. The monoisotopic (exact) mass is 550 g/mol. The molecule has 0 saturated heterocycles. The van der Waals surface area contributed by atoms with Crippen LogP contribution >= 0.6 is 23.2 Å². The third-order valence-electron chi connectivity index (χ3n) is 5.64. The Morgan fingerprint density at radius 3 is 2.58 bits per heavy atom. The number of fused-ring (bicyclic) bond motifs is 1. The maximum absolute atomic E-state index is 12.9. The molecule has 0 amide bonds. The number of carbonyl (C=O) groups is 1. The van der Waals surface area contributed by atoms with E-state index in [-0.39, 0.29) is 32.8 Å². The van der Waals surface area contributed by atoms with Gasteiger partial charge in [-0.25, -0.2) is 4.79 Å². The number of ether oxygens (including phenoxy) is 4. The van der Waals surface area contributed by atoms with Crippen LogP contribution in [0, 0.1) is 11.3 Å². The standard InChI is InChI=1S/C29H24Cl2N2O5/c1-3-10-35-19-7-5-6-17(12-19)26-21-9-8-20(15-25(21)38-28(33)22(26)16-32)37-29(34)18-13-23(30)27(24(31)14-18)36-11-4-2/h3,5-9,12-15,26H,1,4,10-11,33H2,2H3. The van der Waals surface area contributed by atoms with Gasteiger partial charge >= 0.3 is 5.97 Å². The minimum absolute atomic E-state index is 0.0351. The van der Waals surface area contributed by atoms with Crippen molar-refractivity contribution in [3.8, 4) is 29.1 Å². The van der Waals surface area contributed by atoms with E-state index in [4.69, 9.17) is 47.9 Å². The zero-order chi connectivity index (χ0) is 27.2. The van der Waals surface area contributed by atoms with Crippen LogP contribution in [-0.2, 0) is 0 Å². The quantitative estimate of drug-likeness (QED) is 0.178. The molecule has 0 aromatic heterocycles. The van der Waals surface area contributed by atoms with Crippen LogP contribution in [0.4, 0.5) is 0 Å². The van der Waals surface area contributed by atoms with Crippen molar-refractivity contribution in [2.45, 2.75) is 19.3 Å². The molecule has 3 aromatic rings. The van der Waals surface area contributed by atoms with Crippen LogP contribution in [-0.4, -0.2) is 19.2 Å².